The Balaban J connectivity index is 1.55. The van der Waals surface area contributed by atoms with Crippen molar-refractivity contribution in [2.75, 3.05) is 26.8 Å². The number of nitrogens with zero attached hydrogens (tertiary/aromatic N) is 3. The molecule has 1 aromatic carbocycles. The summed E-state index contributed by atoms with van der Waals surface area (Å²) in [6, 6.07) is 8.83. The van der Waals surface area contributed by atoms with Gasteiger partial charge in [0.2, 0.25) is 0 Å². The third-order valence-electron chi connectivity index (χ3n) is 6.79. The van der Waals surface area contributed by atoms with Gasteiger partial charge in [-0.25, -0.2) is 4.79 Å². The first kappa shape index (κ1) is 25.3. The van der Waals surface area contributed by atoms with E-state index in [1.54, 1.807) is 18.1 Å². The van der Waals surface area contributed by atoms with Gasteiger partial charge in [-0.15, -0.1) is 0 Å². The van der Waals surface area contributed by atoms with Crippen molar-refractivity contribution in [3.8, 4) is 5.75 Å². The standard InChI is InChI=1S/C26H37N5O4/c1-17(2)15-31-24-23(25(33)30(3)26(31)34)28-19(11-5-4-6-14-32)20(29-24)16-35-21-12-7-9-18-10-8-13-27-22(18)21/h7-10,12-13,17,19-20,23-24,28-29,32H,4-6,11,14-16H2,1-3H3. The molecule has 2 aliphatic heterocycles. The van der Waals surface area contributed by atoms with E-state index in [0.717, 1.165) is 36.6 Å². The van der Waals surface area contributed by atoms with E-state index in [1.807, 2.05) is 30.3 Å². The van der Waals surface area contributed by atoms with Gasteiger partial charge in [-0.1, -0.05) is 44.9 Å². The molecule has 190 valence electrons. The number of pyridine rings is 1. The Morgan fingerprint density at radius 2 is 1.89 bits per heavy atom. The zero-order valence-corrected chi connectivity index (χ0v) is 20.8. The number of amides is 3. The van der Waals surface area contributed by atoms with E-state index < -0.39 is 12.2 Å². The number of urea groups is 1. The number of para-hydroxylation sites is 1. The zero-order chi connectivity index (χ0) is 24.9. The van der Waals surface area contributed by atoms with Crippen LogP contribution in [-0.4, -0.2) is 82.9 Å². The first-order valence-electron chi connectivity index (χ1n) is 12.6. The number of nitrogens with one attached hydrogen (secondary N) is 2. The van der Waals surface area contributed by atoms with Crippen molar-refractivity contribution >= 4 is 22.8 Å². The number of hydrogen-bond donors (Lipinski definition) is 3. The number of unbranched alkanes of at least 4 members (excludes halogenated alkanes) is 2. The molecule has 0 bridgehead atoms. The maximum Gasteiger partial charge on any atom is 0.327 e. The lowest BCUT2D eigenvalue weighted by Crippen LogP contribution is -2.79. The highest BCUT2D eigenvalue weighted by Gasteiger charge is 2.50. The third kappa shape index (κ3) is 5.58. The number of rotatable bonds is 10. The van der Waals surface area contributed by atoms with Crippen LogP contribution < -0.4 is 15.4 Å². The second-order valence-corrected chi connectivity index (χ2v) is 9.91. The van der Waals surface area contributed by atoms with Crippen molar-refractivity contribution in [1.82, 2.24) is 25.4 Å². The van der Waals surface area contributed by atoms with Crippen molar-refractivity contribution in [3.63, 3.8) is 0 Å². The third-order valence-corrected chi connectivity index (χ3v) is 6.79. The molecule has 9 heteroatoms. The number of benzene rings is 1. The van der Waals surface area contributed by atoms with Gasteiger partial charge in [0.05, 0.1) is 6.04 Å². The molecule has 3 amide bonds. The van der Waals surface area contributed by atoms with E-state index in [2.05, 4.69) is 29.5 Å². The molecule has 1 aromatic heterocycles. The number of piperazine rings is 1. The van der Waals surface area contributed by atoms with Crippen molar-refractivity contribution < 1.29 is 19.4 Å². The smallest absolute Gasteiger partial charge is 0.327 e. The van der Waals surface area contributed by atoms with Crippen molar-refractivity contribution in [2.24, 2.45) is 5.92 Å². The summed E-state index contributed by atoms with van der Waals surface area (Å²) in [5.41, 5.74) is 0.808. The summed E-state index contributed by atoms with van der Waals surface area (Å²) < 4.78 is 6.28. The van der Waals surface area contributed by atoms with Crippen LogP contribution in [0.1, 0.15) is 39.5 Å². The number of aromatic nitrogens is 1. The Labute approximate surface area is 206 Å². The maximum atomic E-state index is 13.1. The number of imide groups is 1. The number of aliphatic hydroxyl groups is 1. The van der Waals surface area contributed by atoms with Gasteiger partial charge < -0.3 is 14.7 Å². The SMILES string of the molecule is CC(C)CN1C(=O)N(C)C(=O)C2NC(CCCCCO)C(COc3cccc4cccnc34)NC21. The number of fused-ring (bicyclic) bond motifs is 2. The van der Waals surface area contributed by atoms with Crippen molar-refractivity contribution in [1.29, 1.82) is 0 Å². The fraction of sp³-hybridized carbons (Fsp3) is 0.577. The summed E-state index contributed by atoms with van der Waals surface area (Å²) >= 11 is 0. The van der Waals surface area contributed by atoms with Crippen molar-refractivity contribution in [3.05, 3.63) is 36.5 Å². The molecule has 4 rings (SSSR count). The first-order chi connectivity index (χ1) is 16.9. The maximum absolute atomic E-state index is 13.1. The fourth-order valence-electron chi connectivity index (χ4n) is 5.02. The summed E-state index contributed by atoms with van der Waals surface area (Å²) in [7, 11) is 1.55. The quantitative estimate of drug-likeness (QED) is 0.445. The number of likely N-dealkylation sites (N-methyl/N-ethyl adjacent to an activating group) is 1. The Morgan fingerprint density at radius 1 is 1.09 bits per heavy atom. The van der Waals surface area contributed by atoms with Crippen LogP contribution in [0.5, 0.6) is 5.75 Å². The van der Waals surface area contributed by atoms with Gasteiger partial charge in [0.1, 0.15) is 30.1 Å². The summed E-state index contributed by atoms with van der Waals surface area (Å²) in [4.78, 5) is 33.5. The van der Waals surface area contributed by atoms with Gasteiger partial charge in [0.15, 0.2) is 0 Å². The lowest BCUT2D eigenvalue weighted by Gasteiger charge is -2.51. The normalized spacial score (nSPS) is 24.8. The van der Waals surface area contributed by atoms with Crippen LogP contribution in [0.15, 0.2) is 36.5 Å². The van der Waals surface area contributed by atoms with Crippen LogP contribution in [0.3, 0.4) is 0 Å². The predicted molar refractivity (Wildman–Crippen MR) is 134 cm³/mol. The second kappa shape index (κ2) is 11.3. The minimum absolute atomic E-state index is 0.0238. The van der Waals surface area contributed by atoms with Gasteiger partial charge in [0, 0.05) is 37.8 Å². The van der Waals surface area contributed by atoms with Gasteiger partial charge in [-0.2, -0.15) is 0 Å². The molecule has 0 aliphatic carbocycles. The van der Waals surface area contributed by atoms with E-state index in [1.165, 1.54) is 4.90 Å². The molecule has 35 heavy (non-hydrogen) atoms. The summed E-state index contributed by atoms with van der Waals surface area (Å²) in [5, 5.41) is 17.3. The molecule has 3 N–H and O–H groups in total. The lowest BCUT2D eigenvalue weighted by atomic mass is 9.93. The Hall–Kier alpha value is -2.75. The van der Waals surface area contributed by atoms with Gasteiger partial charge in [-0.3, -0.25) is 25.3 Å². The summed E-state index contributed by atoms with van der Waals surface area (Å²) in [6.07, 6.45) is 4.73. The predicted octanol–water partition coefficient (Wildman–Crippen LogP) is 2.34. The van der Waals surface area contributed by atoms with Crippen LogP contribution >= 0.6 is 0 Å². The van der Waals surface area contributed by atoms with Gasteiger partial charge in [-0.05, 0) is 30.9 Å². The fourth-order valence-corrected chi connectivity index (χ4v) is 5.02. The van der Waals surface area contributed by atoms with Crippen LogP contribution in [-0.2, 0) is 4.79 Å². The number of aliphatic hydroxyl groups excluding tert-OH is 1. The van der Waals surface area contributed by atoms with E-state index in [4.69, 9.17) is 9.84 Å². The molecule has 2 aliphatic rings. The van der Waals surface area contributed by atoms with Crippen LogP contribution in [0.4, 0.5) is 4.79 Å². The lowest BCUT2D eigenvalue weighted by molar-refractivity contribution is -0.138. The molecule has 2 fully saturated rings. The molecule has 0 spiro atoms. The van der Waals surface area contributed by atoms with E-state index in [9.17, 15) is 9.59 Å². The highest BCUT2D eigenvalue weighted by molar-refractivity contribution is 6.00. The largest absolute Gasteiger partial charge is 0.490 e. The van der Waals surface area contributed by atoms with Gasteiger partial charge >= 0.3 is 6.03 Å². The summed E-state index contributed by atoms with van der Waals surface area (Å²) in [6.45, 7) is 5.22. The minimum Gasteiger partial charge on any atom is -0.490 e. The Morgan fingerprint density at radius 3 is 2.66 bits per heavy atom. The number of carbonyl (C=O) groups is 2. The van der Waals surface area contributed by atoms with Crippen LogP contribution in [0.2, 0.25) is 0 Å². The Bertz CT molecular complexity index is 1030. The monoisotopic (exact) mass is 483 g/mol. The highest BCUT2D eigenvalue weighted by atomic mass is 16.5. The minimum atomic E-state index is -0.519. The van der Waals surface area contributed by atoms with Crippen molar-refractivity contribution in [2.45, 2.75) is 63.8 Å². The van der Waals surface area contributed by atoms with Crippen LogP contribution in [0, 0.1) is 5.92 Å². The molecule has 0 radical (unpaired) electrons. The number of hydrogen-bond acceptors (Lipinski definition) is 7. The first-order valence-corrected chi connectivity index (χ1v) is 12.6. The van der Waals surface area contributed by atoms with E-state index in [-0.39, 0.29) is 36.5 Å². The average Bonchev–Trinajstić information content (AvgIpc) is 2.86. The van der Waals surface area contributed by atoms with E-state index >= 15 is 0 Å². The topological polar surface area (TPSA) is 107 Å². The molecular formula is C26H37N5O4. The van der Waals surface area contributed by atoms with Gasteiger partial charge in [0.25, 0.3) is 5.91 Å². The molecule has 0 saturated carbocycles. The van der Waals surface area contributed by atoms with Crippen LogP contribution in [0.25, 0.3) is 10.9 Å². The second-order valence-electron chi connectivity index (χ2n) is 9.91. The molecule has 9 nitrogen and oxygen atoms in total. The number of carbonyl (C=O) groups excluding carboxylic acids is 2. The molecule has 2 aromatic rings. The summed E-state index contributed by atoms with van der Waals surface area (Å²) in [5.74, 6) is 0.752. The highest BCUT2D eigenvalue weighted by Crippen LogP contribution is 2.26. The van der Waals surface area contributed by atoms with E-state index in [0.29, 0.717) is 18.9 Å². The average molecular weight is 484 g/mol. The molecule has 4 unspecified atom stereocenters. The molecule has 2 saturated heterocycles. The molecule has 4 atom stereocenters. The zero-order valence-electron chi connectivity index (χ0n) is 20.8. The Kier molecular flexibility index (Phi) is 8.20. The number of ether oxygens (including phenoxy) is 1. The molecular weight excluding hydrogens is 446 g/mol. The molecule has 3 heterocycles.